The van der Waals surface area contributed by atoms with Crippen molar-refractivity contribution in [2.24, 2.45) is 5.73 Å². The maximum atomic E-state index is 5.64. The summed E-state index contributed by atoms with van der Waals surface area (Å²) in [5, 5.41) is 1.14. The highest BCUT2D eigenvalue weighted by atomic mass is 32.1. The molecule has 2 heterocycles. The lowest BCUT2D eigenvalue weighted by Gasteiger charge is -2.29. The monoisotopic (exact) mass is 287 g/mol. The average molecular weight is 287 g/mol. The van der Waals surface area contributed by atoms with Gasteiger partial charge < -0.3 is 5.73 Å². The van der Waals surface area contributed by atoms with Crippen LogP contribution in [0.25, 0.3) is 10.6 Å². The summed E-state index contributed by atoms with van der Waals surface area (Å²) in [6.07, 6.45) is 1.07. The van der Waals surface area contributed by atoms with Crippen LogP contribution in [0.3, 0.4) is 0 Å². The van der Waals surface area contributed by atoms with E-state index in [9.17, 15) is 0 Å². The highest BCUT2D eigenvalue weighted by molar-refractivity contribution is 7.15. The number of fused-ring (bicyclic) bond motifs is 1. The van der Waals surface area contributed by atoms with E-state index in [2.05, 4.69) is 43.0 Å². The molecule has 3 nitrogen and oxygen atoms in total. The van der Waals surface area contributed by atoms with Gasteiger partial charge in [0.1, 0.15) is 5.01 Å². The Morgan fingerprint density at radius 1 is 1.30 bits per heavy atom. The number of thiazole rings is 1. The van der Waals surface area contributed by atoms with Crippen LogP contribution in [-0.4, -0.2) is 22.5 Å². The lowest BCUT2D eigenvalue weighted by molar-refractivity contribution is 0.205. The Labute approximate surface area is 124 Å². The maximum absolute atomic E-state index is 5.64. The van der Waals surface area contributed by atoms with Gasteiger partial charge in [-0.25, -0.2) is 4.98 Å². The van der Waals surface area contributed by atoms with E-state index in [0.29, 0.717) is 12.6 Å². The Kier molecular flexibility index (Phi) is 3.87. The van der Waals surface area contributed by atoms with Crippen molar-refractivity contribution in [2.45, 2.75) is 39.4 Å². The SMILES string of the molecule is CC(C)N1CCc2nc(-c3ccc(CN)cc3)sc2C1. The summed E-state index contributed by atoms with van der Waals surface area (Å²) in [5.41, 5.74) is 9.31. The Morgan fingerprint density at radius 2 is 2.05 bits per heavy atom. The Morgan fingerprint density at radius 3 is 2.70 bits per heavy atom. The number of benzene rings is 1. The minimum Gasteiger partial charge on any atom is -0.326 e. The smallest absolute Gasteiger partial charge is 0.123 e. The van der Waals surface area contributed by atoms with E-state index in [-0.39, 0.29) is 0 Å². The minimum absolute atomic E-state index is 0.595. The van der Waals surface area contributed by atoms with Crippen molar-refractivity contribution in [3.63, 3.8) is 0 Å². The summed E-state index contributed by atoms with van der Waals surface area (Å²) in [4.78, 5) is 8.78. The summed E-state index contributed by atoms with van der Waals surface area (Å²) in [7, 11) is 0. The molecule has 1 aliphatic rings. The van der Waals surface area contributed by atoms with E-state index in [1.807, 2.05) is 11.3 Å². The second-order valence-corrected chi connectivity index (χ2v) is 6.69. The van der Waals surface area contributed by atoms with Crippen LogP contribution in [0.4, 0.5) is 0 Å². The Bertz CT molecular complexity index is 586. The van der Waals surface area contributed by atoms with Crippen LogP contribution in [-0.2, 0) is 19.5 Å². The van der Waals surface area contributed by atoms with Crippen LogP contribution in [0.5, 0.6) is 0 Å². The summed E-state index contributed by atoms with van der Waals surface area (Å²) in [6.45, 7) is 7.29. The summed E-state index contributed by atoms with van der Waals surface area (Å²) in [5.74, 6) is 0. The average Bonchev–Trinajstić information content (AvgIpc) is 2.90. The standard InChI is InChI=1S/C16H21N3S/c1-11(2)19-8-7-14-15(10-19)20-16(18-14)13-5-3-12(9-17)4-6-13/h3-6,11H,7-10,17H2,1-2H3. The molecule has 20 heavy (non-hydrogen) atoms. The summed E-state index contributed by atoms with van der Waals surface area (Å²) >= 11 is 1.84. The molecular formula is C16H21N3S. The van der Waals surface area contributed by atoms with Crippen molar-refractivity contribution in [2.75, 3.05) is 6.54 Å². The maximum Gasteiger partial charge on any atom is 0.123 e. The molecule has 0 atom stereocenters. The van der Waals surface area contributed by atoms with Crippen molar-refractivity contribution in [3.05, 3.63) is 40.4 Å². The van der Waals surface area contributed by atoms with Crippen LogP contribution in [0, 0.1) is 0 Å². The number of hydrogen-bond acceptors (Lipinski definition) is 4. The summed E-state index contributed by atoms with van der Waals surface area (Å²) < 4.78 is 0. The number of hydrogen-bond donors (Lipinski definition) is 1. The van der Waals surface area contributed by atoms with E-state index in [0.717, 1.165) is 24.5 Å². The first-order chi connectivity index (χ1) is 9.67. The number of nitrogens with two attached hydrogens (primary N) is 1. The predicted octanol–water partition coefficient (Wildman–Crippen LogP) is 3.04. The van der Waals surface area contributed by atoms with Gasteiger partial charge in [0.25, 0.3) is 0 Å². The van der Waals surface area contributed by atoms with Crippen LogP contribution < -0.4 is 5.73 Å². The molecule has 2 N–H and O–H groups in total. The molecule has 1 aromatic carbocycles. The van der Waals surface area contributed by atoms with E-state index in [4.69, 9.17) is 10.7 Å². The van der Waals surface area contributed by atoms with Crippen molar-refractivity contribution in [1.82, 2.24) is 9.88 Å². The normalized spacial score (nSPS) is 15.6. The molecule has 0 unspecified atom stereocenters. The first-order valence-electron chi connectivity index (χ1n) is 7.19. The van der Waals surface area contributed by atoms with Crippen LogP contribution >= 0.6 is 11.3 Å². The fraction of sp³-hybridized carbons (Fsp3) is 0.438. The number of nitrogens with zero attached hydrogens (tertiary/aromatic N) is 2. The molecule has 0 spiro atoms. The summed E-state index contributed by atoms with van der Waals surface area (Å²) in [6, 6.07) is 9.06. The second kappa shape index (κ2) is 5.64. The predicted molar refractivity (Wildman–Crippen MR) is 84.7 cm³/mol. The Hall–Kier alpha value is -1.23. The van der Waals surface area contributed by atoms with E-state index in [1.165, 1.54) is 21.7 Å². The number of aromatic nitrogens is 1. The van der Waals surface area contributed by atoms with Gasteiger partial charge in [-0.3, -0.25) is 4.90 Å². The molecule has 0 saturated heterocycles. The fourth-order valence-electron chi connectivity index (χ4n) is 2.56. The third-order valence-electron chi connectivity index (χ3n) is 3.93. The largest absolute Gasteiger partial charge is 0.326 e. The third-order valence-corrected chi connectivity index (χ3v) is 5.06. The van der Waals surface area contributed by atoms with Gasteiger partial charge in [0.2, 0.25) is 0 Å². The zero-order chi connectivity index (χ0) is 14.1. The molecule has 1 aromatic heterocycles. The number of rotatable bonds is 3. The Balaban J connectivity index is 1.86. The molecule has 0 bridgehead atoms. The first-order valence-corrected chi connectivity index (χ1v) is 8.01. The first kappa shape index (κ1) is 13.7. The molecule has 3 rings (SSSR count). The lowest BCUT2D eigenvalue weighted by atomic mass is 10.1. The molecule has 1 aliphatic heterocycles. The van der Waals surface area contributed by atoms with Gasteiger partial charge >= 0.3 is 0 Å². The van der Waals surface area contributed by atoms with E-state index < -0.39 is 0 Å². The van der Waals surface area contributed by atoms with Gasteiger partial charge in [-0.15, -0.1) is 11.3 Å². The molecule has 0 saturated carbocycles. The zero-order valence-electron chi connectivity index (χ0n) is 12.1. The molecule has 0 fully saturated rings. The quantitative estimate of drug-likeness (QED) is 0.943. The second-order valence-electron chi connectivity index (χ2n) is 5.60. The lowest BCUT2D eigenvalue weighted by Crippen LogP contribution is -2.35. The highest BCUT2D eigenvalue weighted by Gasteiger charge is 2.22. The van der Waals surface area contributed by atoms with Crippen LogP contribution in [0.1, 0.15) is 30.0 Å². The zero-order valence-corrected chi connectivity index (χ0v) is 12.9. The van der Waals surface area contributed by atoms with Gasteiger partial charge in [0.15, 0.2) is 0 Å². The van der Waals surface area contributed by atoms with Gasteiger partial charge in [0.05, 0.1) is 5.69 Å². The van der Waals surface area contributed by atoms with Gasteiger partial charge in [-0.2, -0.15) is 0 Å². The van der Waals surface area contributed by atoms with Crippen molar-refractivity contribution >= 4 is 11.3 Å². The topological polar surface area (TPSA) is 42.2 Å². The molecule has 2 aromatic rings. The van der Waals surface area contributed by atoms with Gasteiger partial charge in [-0.05, 0) is 19.4 Å². The van der Waals surface area contributed by atoms with E-state index >= 15 is 0 Å². The van der Waals surface area contributed by atoms with Gasteiger partial charge in [0, 0.05) is 42.5 Å². The molecule has 0 amide bonds. The van der Waals surface area contributed by atoms with Crippen LogP contribution in [0.15, 0.2) is 24.3 Å². The van der Waals surface area contributed by atoms with Crippen molar-refractivity contribution in [3.8, 4) is 10.6 Å². The van der Waals surface area contributed by atoms with Crippen LogP contribution in [0.2, 0.25) is 0 Å². The van der Waals surface area contributed by atoms with E-state index in [1.54, 1.807) is 0 Å². The molecule has 4 heteroatoms. The molecule has 0 radical (unpaired) electrons. The highest BCUT2D eigenvalue weighted by Crippen LogP contribution is 2.32. The van der Waals surface area contributed by atoms with Crippen molar-refractivity contribution < 1.29 is 0 Å². The van der Waals surface area contributed by atoms with Gasteiger partial charge in [-0.1, -0.05) is 24.3 Å². The third kappa shape index (κ3) is 2.64. The van der Waals surface area contributed by atoms with Crippen molar-refractivity contribution in [1.29, 1.82) is 0 Å². The molecule has 0 aliphatic carbocycles. The molecular weight excluding hydrogens is 266 g/mol. The fourth-order valence-corrected chi connectivity index (χ4v) is 3.70. The molecule has 106 valence electrons. The minimum atomic E-state index is 0.595.